The van der Waals surface area contributed by atoms with Crippen molar-refractivity contribution in [2.75, 3.05) is 18.7 Å². The van der Waals surface area contributed by atoms with Gasteiger partial charge in [0.15, 0.2) is 0 Å². The van der Waals surface area contributed by atoms with Crippen molar-refractivity contribution < 1.29 is 17.9 Å². The molecular formula is C22H28N2O4S2. The Hall–Kier alpha value is -2.03. The van der Waals surface area contributed by atoms with Crippen molar-refractivity contribution in [1.82, 2.24) is 4.72 Å². The van der Waals surface area contributed by atoms with Crippen molar-refractivity contribution in [3.05, 3.63) is 47.5 Å². The molecule has 1 aliphatic carbocycles. The van der Waals surface area contributed by atoms with Crippen LogP contribution in [0.15, 0.2) is 46.2 Å². The first-order valence-corrected chi connectivity index (χ1v) is 12.6. The molecule has 0 spiro atoms. The Kier molecular flexibility index (Phi) is 7.10. The summed E-state index contributed by atoms with van der Waals surface area (Å²) in [7, 11) is -2.14. The lowest BCUT2D eigenvalue weighted by Crippen LogP contribution is -2.31. The van der Waals surface area contributed by atoms with Crippen LogP contribution in [0.4, 0.5) is 5.69 Å². The molecule has 8 heteroatoms. The van der Waals surface area contributed by atoms with Crippen molar-refractivity contribution in [3.63, 3.8) is 0 Å². The minimum atomic E-state index is -3.76. The Morgan fingerprint density at radius 2 is 1.97 bits per heavy atom. The molecule has 2 N–H and O–H groups in total. The minimum absolute atomic E-state index is 0.139. The monoisotopic (exact) mass is 448 g/mol. The molecule has 3 rings (SSSR count). The van der Waals surface area contributed by atoms with Gasteiger partial charge in [-0.15, -0.1) is 11.8 Å². The maximum absolute atomic E-state index is 13.1. The number of ether oxygens (including phenoxy) is 1. The Morgan fingerprint density at radius 3 is 2.63 bits per heavy atom. The van der Waals surface area contributed by atoms with Gasteiger partial charge in [-0.3, -0.25) is 4.79 Å². The highest BCUT2D eigenvalue weighted by Crippen LogP contribution is 2.34. The van der Waals surface area contributed by atoms with E-state index < -0.39 is 10.0 Å². The minimum Gasteiger partial charge on any atom is -0.497 e. The fraction of sp³-hybridized carbons (Fsp3) is 0.409. The maximum Gasteiger partial charge on any atom is 0.241 e. The van der Waals surface area contributed by atoms with Crippen molar-refractivity contribution in [2.45, 2.75) is 48.9 Å². The number of rotatable bonds is 7. The van der Waals surface area contributed by atoms with E-state index in [9.17, 15) is 13.2 Å². The average molecular weight is 449 g/mol. The zero-order valence-electron chi connectivity index (χ0n) is 17.7. The van der Waals surface area contributed by atoms with E-state index in [-0.39, 0.29) is 22.8 Å². The molecule has 1 atom stereocenters. The van der Waals surface area contributed by atoms with Crippen LogP contribution in [0.5, 0.6) is 5.75 Å². The predicted octanol–water partition coefficient (Wildman–Crippen LogP) is 4.37. The summed E-state index contributed by atoms with van der Waals surface area (Å²) in [5.74, 6) is 0.423. The van der Waals surface area contributed by atoms with Gasteiger partial charge in [0.2, 0.25) is 15.9 Å². The number of carbonyl (C=O) groups excluding carboxylic acids is 1. The fourth-order valence-corrected chi connectivity index (χ4v) is 5.33. The quantitative estimate of drug-likeness (QED) is 0.615. The number of nitrogens with one attached hydrogen (secondary N) is 2. The number of sulfonamides is 1. The van der Waals surface area contributed by atoms with E-state index >= 15 is 0 Å². The highest BCUT2D eigenvalue weighted by atomic mass is 32.2. The number of amides is 1. The largest absolute Gasteiger partial charge is 0.497 e. The van der Waals surface area contributed by atoms with Gasteiger partial charge in [-0.25, -0.2) is 13.1 Å². The molecule has 2 aromatic rings. The number of hydrogen-bond acceptors (Lipinski definition) is 5. The molecule has 0 radical (unpaired) electrons. The molecule has 2 aromatic carbocycles. The molecule has 1 amide bonds. The molecule has 0 heterocycles. The number of anilines is 1. The lowest BCUT2D eigenvalue weighted by molar-refractivity contribution is -0.118. The summed E-state index contributed by atoms with van der Waals surface area (Å²) in [6.45, 7) is 3.59. The van der Waals surface area contributed by atoms with Crippen LogP contribution in [-0.4, -0.2) is 27.7 Å². The molecule has 1 unspecified atom stereocenters. The van der Waals surface area contributed by atoms with Crippen LogP contribution in [0.1, 0.15) is 43.9 Å². The number of thioether (sulfide) groups is 1. The Morgan fingerprint density at radius 1 is 1.20 bits per heavy atom. The Bertz CT molecular complexity index is 1040. The van der Waals surface area contributed by atoms with Crippen LogP contribution in [0.2, 0.25) is 0 Å². The van der Waals surface area contributed by atoms with E-state index in [0.29, 0.717) is 5.69 Å². The van der Waals surface area contributed by atoms with Gasteiger partial charge in [0.1, 0.15) is 5.75 Å². The predicted molar refractivity (Wildman–Crippen MR) is 121 cm³/mol. The molecule has 6 nitrogen and oxygen atoms in total. The van der Waals surface area contributed by atoms with Gasteiger partial charge in [0, 0.05) is 16.9 Å². The Labute approximate surface area is 182 Å². The fourth-order valence-electron chi connectivity index (χ4n) is 3.52. The topological polar surface area (TPSA) is 84.5 Å². The van der Waals surface area contributed by atoms with E-state index in [1.807, 2.05) is 24.5 Å². The molecule has 162 valence electrons. The third-order valence-corrected chi connectivity index (χ3v) is 7.49. The van der Waals surface area contributed by atoms with Crippen LogP contribution in [0.25, 0.3) is 0 Å². The highest BCUT2D eigenvalue weighted by Gasteiger charge is 2.27. The average Bonchev–Trinajstić information content (AvgIpc) is 2.73. The maximum atomic E-state index is 13.1. The first-order chi connectivity index (χ1) is 14.2. The zero-order chi connectivity index (χ0) is 21.9. The van der Waals surface area contributed by atoms with Crippen molar-refractivity contribution in [3.8, 4) is 5.75 Å². The van der Waals surface area contributed by atoms with E-state index in [4.69, 9.17) is 4.74 Å². The number of aryl methyl sites for hydroxylation is 1. The SMILES string of the molecule is COc1ccc2c(c1)CCCC2NS(=O)(=O)c1ccc(SC)c(NC(=O)C(C)C)c1. The van der Waals surface area contributed by atoms with Crippen LogP contribution in [0, 0.1) is 5.92 Å². The van der Waals surface area contributed by atoms with E-state index in [1.54, 1.807) is 33.1 Å². The first kappa shape index (κ1) is 22.7. The summed E-state index contributed by atoms with van der Waals surface area (Å²) in [6, 6.07) is 10.3. The molecule has 0 aromatic heterocycles. The summed E-state index contributed by atoms with van der Waals surface area (Å²) in [4.78, 5) is 13.1. The van der Waals surface area contributed by atoms with Gasteiger partial charge in [-0.2, -0.15) is 0 Å². The standard InChI is InChI=1S/C22H28N2O4S2/c1-14(2)22(25)23-20-13-17(9-11-21(20)29-4)30(26,27)24-19-7-5-6-15-12-16(28-3)8-10-18(15)19/h8-14,19,24H,5-7H2,1-4H3,(H,23,25). The first-order valence-electron chi connectivity index (χ1n) is 9.93. The van der Waals surface area contributed by atoms with Crippen molar-refractivity contribution in [2.24, 2.45) is 5.92 Å². The van der Waals surface area contributed by atoms with Gasteiger partial charge < -0.3 is 10.1 Å². The second kappa shape index (κ2) is 9.41. The van der Waals surface area contributed by atoms with Crippen LogP contribution in [-0.2, 0) is 21.2 Å². The molecule has 1 aliphatic rings. The number of hydrogen-bond donors (Lipinski definition) is 2. The number of methoxy groups -OCH3 is 1. The van der Waals surface area contributed by atoms with Crippen LogP contribution in [0.3, 0.4) is 0 Å². The molecule has 0 aliphatic heterocycles. The van der Waals surface area contributed by atoms with Crippen LogP contribution >= 0.6 is 11.8 Å². The third kappa shape index (κ3) is 4.99. The molecule has 0 saturated carbocycles. The van der Waals surface area contributed by atoms with E-state index in [2.05, 4.69) is 10.0 Å². The van der Waals surface area contributed by atoms with Crippen molar-refractivity contribution >= 4 is 33.4 Å². The number of carbonyl (C=O) groups is 1. The zero-order valence-corrected chi connectivity index (χ0v) is 19.3. The van der Waals surface area contributed by atoms with E-state index in [0.717, 1.165) is 41.0 Å². The molecule has 0 saturated heterocycles. The normalized spacial score (nSPS) is 16.2. The highest BCUT2D eigenvalue weighted by molar-refractivity contribution is 7.98. The van der Waals surface area contributed by atoms with Gasteiger partial charge in [0.25, 0.3) is 0 Å². The van der Waals surface area contributed by atoms with Gasteiger partial charge >= 0.3 is 0 Å². The molecule has 0 fully saturated rings. The third-order valence-electron chi connectivity index (χ3n) is 5.23. The van der Waals surface area contributed by atoms with Gasteiger partial charge in [-0.1, -0.05) is 19.9 Å². The summed E-state index contributed by atoms with van der Waals surface area (Å²) < 4.78 is 34.5. The molecule has 0 bridgehead atoms. The van der Waals surface area contributed by atoms with Crippen LogP contribution < -0.4 is 14.8 Å². The van der Waals surface area contributed by atoms with E-state index in [1.165, 1.54) is 17.8 Å². The summed E-state index contributed by atoms with van der Waals surface area (Å²) in [5, 5.41) is 2.84. The molecular weight excluding hydrogens is 420 g/mol. The number of fused-ring (bicyclic) bond motifs is 1. The van der Waals surface area contributed by atoms with Gasteiger partial charge in [0.05, 0.1) is 17.7 Å². The Balaban J connectivity index is 1.89. The van der Waals surface area contributed by atoms with Gasteiger partial charge in [-0.05, 0) is 67.0 Å². The molecule has 30 heavy (non-hydrogen) atoms. The smallest absolute Gasteiger partial charge is 0.241 e. The lowest BCUT2D eigenvalue weighted by atomic mass is 9.88. The lowest BCUT2D eigenvalue weighted by Gasteiger charge is -2.26. The number of benzene rings is 2. The summed E-state index contributed by atoms with van der Waals surface area (Å²) in [5.41, 5.74) is 2.61. The summed E-state index contributed by atoms with van der Waals surface area (Å²) in [6.07, 6.45) is 4.42. The second-order valence-electron chi connectivity index (χ2n) is 7.64. The van der Waals surface area contributed by atoms with Crippen molar-refractivity contribution in [1.29, 1.82) is 0 Å². The second-order valence-corrected chi connectivity index (χ2v) is 10.2. The summed E-state index contributed by atoms with van der Waals surface area (Å²) >= 11 is 1.46.